The molecule has 2 aromatic rings. The van der Waals surface area contributed by atoms with E-state index in [1.165, 1.54) is 5.56 Å². The average molecular weight is 410 g/mol. The molecule has 0 saturated carbocycles. The fourth-order valence-corrected chi connectivity index (χ4v) is 3.95. The van der Waals surface area contributed by atoms with E-state index in [2.05, 4.69) is 70.1 Å². The number of carbonyl (C=O) groups excluding carboxylic acids is 1. The van der Waals surface area contributed by atoms with Gasteiger partial charge in [-0.2, -0.15) is 0 Å². The van der Waals surface area contributed by atoms with Crippen LogP contribution in [-0.4, -0.2) is 60.0 Å². The predicted molar refractivity (Wildman–Crippen MR) is 123 cm³/mol. The summed E-state index contributed by atoms with van der Waals surface area (Å²) >= 11 is 0. The van der Waals surface area contributed by atoms with Crippen LogP contribution >= 0.6 is 0 Å². The van der Waals surface area contributed by atoms with E-state index >= 15 is 0 Å². The molecule has 162 valence electrons. The molecule has 1 N–H and O–H groups in total. The number of rotatable bonds is 9. The van der Waals surface area contributed by atoms with E-state index in [9.17, 15) is 4.79 Å². The van der Waals surface area contributed by atoms with E-state index in [1.54, 1.807) is 0 Å². The van der Waals surface area contributed by atoms with Gasteiger partial charge >= 0.3 is 0 Å². The maximum absolute atomic E-state index is 12.6. The molecule has 2 heterocycles. The molecule has 3 rings (SSSR count). The summed E-state index contributed by atoms with van der Waals surface area (Å²) in [6.07, 6.45) is 6.67. The van der Waals surface area contributed by atoms with Crippen LogP contribution in [0, 0.1) is 12.8 Å². The number of nitrogens with zero attached hydrogens (tertiary/aromatic N) is 4. The fourth-order valence-electron chi connectivity index (χ4n) is 3.95. The van der Waals surface area contributed by atoms with Crippen molar-refractivity contribution in [2.24, 2.45) is 5.92 Å². The molecule has 0 radical (unpaired) electrons. The molecule has 1 fully saturated rings. The highest BCUT2D eigenvalue weighted by Crippen LogP contribution is 2.23. The Morgan fingerprint density at radius 1 is 1.13 bits per heavy atom. The van der Waals surface area contributed by atoms with Crippen LogP contribution in [0.1, 0.15) is 38.7 Å². The SMILES string of the molecule is CCN(CC)CCCNC(=O)[C@H]1CCCN(c2ncc(-c3ccc(C)cc3)cn2)C1. The van der Waals surface area contributed by atoms with Crippen LogP contribution in [0.25, 0.3) is 11.1 Å². The quantitative estimate of drug-likeness (QED) is 0.642. The molecular weight excluding hydrogens is 374 g/mol. The molecule has 0 bridgehead atoms. The van der Waals surface area contributed by atoms with Crippen molar-refractivity contribution in [2.75, 3.05) is 44.2 Å². The third kappa shape index (κ3) is 6.02. The Kier molecular flexibility index (Phi) is 8.20. The molecule has 6 nitrogen and oxygen atoms in total. The smallest absolute Gasteiger partial charge is 0.225 e. The number of benzene rings is 1. The first-order chi connectivity index (χ1) is 14.6. The number of anilines is 1. The van der Waals surface area contributed by atoms with Gasteiger partial charge < -0.3 is 15.1 Å². The van der Waals surface area contributed by atoms with Crippen LogP contribution in [0.4, 0.5) is 5.95 Å². The average Bonchev–Trinajstić information content (AvgIpc) is 2.80. The fraction of sp³-hybridized carbons (Fsp3) is 0.542. The van der Waals surface area contributed by atoms with E-state index in [-0.39, 0.29) is 11.8 Å². The van der Waals surface area contributed by atoms with Crippen molar-refractivity contribution in [1.82, 2.24) is 20.2 Å². The summed E-state index contributed by atoms with van der Waals surface area (Å²) in [7, 11) is 0. The second kappa shape index (κ2) is 11.1. The highest BCUT2D eigenvalue weighted by molar-refractivity contribution is 5.79. The highest BCUT2D eigenvalue weighted by atomic mass is 16.1. The molecule has 30 heavy (non-hydrogen) atoms. The zero-order chi connectivity index (χ0) is 21.3. The predicted octanol–water partition coefficient (Wildman–Crippen LogP) is 3.52. The molecule has 0 aliphatic carbocycles. The highest BCUT2D eigenvalue weighted by Gasteiger charge is 2.26. The summed E-state index contributed by atoms with van der Waals surface area (Å²) < 4.78 is 0. The van der Waals surface area contributed by atoms with Gasteiger partial charge in [0.1, 0.15) is 0 Å². The van der Waals surface area contributed by atoms with Crippen LogP contribution in [0.3, 0.4) is 0 Å². The van der Waals surface area contributed by atoms with E-state index in [4.69, 9.17) is 0 Å². The Hall–Kier alpha value is -2.47. The summed E-state index contributed by atoms with van der Waals surface area (Å²) in [4.78, 5) is 26.3. The summed E-state index contributed by atoms with van der Waals surface area (Å²) in [5.74, 6) is 0.882. The van der Waals surface area contributed by atoms with Crippen molar-refractivity contribution in [3.63, 3.8) is 0 Å². The lowest BCUT2D eigenvalue weighted by Crippen LogP contribution is -2.44. The monoisotopic (exact) mass is 409 g/mol. The molecule has 1 aromatic heterocycles. The van der Waals surface area contributed by atoms with E-state index in [0.29, 0.717) is 12.5 Å². The van der Waals surface area contributed by atoms with Gasteiger partial charge in [0.05, 0.1) is 5.92 Å². The van der Waals surface area contributed by atoms with E-state index in [0.717, 1.165) is 63.1 Å². The maximum Gasteiger partial charge on any atom is 0.225 e. The van der Waals surface area contributed by atoms with Gasteiger partial charge in [-0.25, -0.2) is 9.97 Å². The minimum atomic E-state index is 0.00702. The number of hydrogen-bond acceptors (Lipinski definition) is 5. The lowest BCUT2D eigenvalue weighted by atomic mass is 9.97. The molecular formula is C24H35N5O. The second-order valence-electron chi connectivity index (χ2n) is 8.09. The van der Waals surface area contributed by atoms with Crippen molar-refractivity contribution in [2.45, 2.75) is 40.0 Å². The molecule has 0 unspecified atom stereocenters. The molecule has 6 heteroatoms. The number of hydrogen-bond donors (Lipinski definition) is 1. The molecule has 1 aromatic carbocycles. The van der Waals surface area contributed by atoms with Crippen molar-refractivity contribution >= 4 is 11.9 Å². The molecule has 1 atom stereocenters. The second-order valence-corrected chi connectivity index (χ2v) is 8.09. The van der Waals surface area contributed by atoms with Gasteiger partial charge in [0.25, 0.3) is 0 Å². The summed E-state index contributed by atoms with van der Waals surface area (Å²) in [6, 6.07) is 8.38. The van der Waals surface area contributed by atoms with Crippen LogP contribution in [0.5, 0.6) is 0 Å². The first kappa shape index (κ1) is 22.2. The van der Waals surface area contributed by atoms with Crippen LogP contribution < -0.4 is 10.2 Å². The van der Waals surface area contributed by atoms with Gasteiger partial charge in [-0.15, -0.1) is 0 Å². The lowest BCUT2D eigenvalue weighted by Gasteiger charge is -2.32. The Balaban J connectivity index is 1.51. The number of aryl methyl sites for hydroxylation is 1. The summed E-state index contributed by atoms with van der Waals surface area (Å²) in [5, 5.41) is 3.13. The molecule has 1 saturated heterocycles. The van der Waals surface area contributed by atoms with Crippen LogP contribution in [0.2, 0.25) is 0 Å². The minimum absolute atomic E-state index is 0.00702. The van der Waals surface area contributed by atoms with Crippen LogP contribution in [-0.2, 0) is 4.79 Å². The Labute approximate surface area is 180 Å². The largest absolute Gasteiger partial charge is 0.356 e. The molecule has 1 amide bonds. The van der Waals surface area contributed by atoms with Crippen molar-refractivity contribution < 1.29 is 4.79 Å². The van der Waals surface area contributed by atoms with Gasteiger partial charge in [-0.3, -0.25) is 4.79 Å². The summed E-state index contributed by atoms with van der Waals surface area (Å²) in [6.45, 7) is 11.9. The van der Waals surface area contributed by atoms with Crippen LogP contribution in [0.15, 0.2) is 36.7 Å². The Morgan fingerprint density at radius 3 is 2.50 bits per heavy atom. The zero-order valence-corrected chi connectivity index (χ0v) is 18.6. The standard InChI is InChI=1S/C24H35N5O/c1-4-28(5-2)14-7-13-25-23(30)21-8-6-15-29(18-21)24-26-16-22(17-27-24)20-11-9-19(3)10-12-20/h9-12,16-17,21H,4-8,13-15,18H2,1-3H3,(H,25,30)/t21-/m0/s1. The number of aromatic nitrogens is 2. The van der Waals surface area contributed by atoms with Gasteiger partial charge in [-0.1, -0.05) is 43.7 Å². The Bertz CT molecular complexity index is 786. The molecule has 0 spiro atoms. The van der Waals surface area contributed by atoms with Gasteiger partial charge in [0.15, 0.2) is 0 Å². The number of amides is 1. The van der Waals surface area contributed by atoms with E-state index in [1.807, 2.05) is 12.4 Å². The number of piperidine rings is 1. The molecule has 1 aliphatic rings. The number of carbonyl (C=O) groups is 1. The topological polar surface area (TPSA) is 61.4 Å². The van der Waals surface area contributed by atoms with Gasteiger partial charge in [0.2, 0.25) is 11.9 Å². The third-order valence-corrected chi connectivity index (χ3v) is 5.94. The zero-order valence-electron chi connectivity index (χ0n) is 18.6. The number of nitrogens with one attached hydrogen (secondary N) is 1. The first-order valence-electron chi connectivity index (χ1n) is 11.2. The normalized spacial score (nSPS) is 16.7. The first-order valence-corrected chi connectivity index (χ1v) is 11.2. The van der Waals surface area contributed by atoms with Gasteiger partial charge in [0, 0.05) is 37.6 Å². The van der Waals surface area contributed by atoms with Crippen molar-refractivity contribution in [1.29, 1.82) is 0 Å². The lowest BCUT2D eigenvalue weighted by molar-refractivity contribution is -0.125. The van der Waals surface area contributed by atoms with Crippen molar-refractivity contribution in [3.8, 4) is 11.1 Å². The third-order valence-electron chi connectivity index (χ3n) is 5.94. The van der Waals surface area contributed by atoms with Gasteiger partial charge in [-0.05, 0) is 51.4 Å². The maximum atomic E-state index is 12.6. The Morgan fingerprint density at radius 2 is 1.83 bits per heavy atom. The van der Waals surface area contributed by atoms with Crippen molar-refractivity contribution in [3.05, 3.63) is 42.2 Å². The minimum Gasteiger partial charge on any atom is -0.356 e. The van der Waals surface area contributed by atoms with E-state index < -0.39 is 0 Å². The molecule has 1 aliphatic heterocycles. The summed E-state index contributed by atoms with van der Waals surface area (Å²) in [5.41, 5.74) is 3.37.